The fourth-order valence-electron chi connectivity index (χ4n) is 3.92. The summed E-state index contributed by atoms with van der Waals surface area (Å²) >= 11 is 0. The number of benzene rings is 2. The molecule has 0 fully saturated rings. The number of ether oxygens (including phenoxy) is 1. The highest BCUT2D eigenvalue weighted by atomic mass is 19.1. The first-order chi connectivity index (χ1) is 12.1. The van der Waals surface area contributed by atoms with Crippen LogP contribution in [0.5, 0.6) is 5.75 Å². The van der Waals surface area contributed by atoms with Crippen LogP contribution in [0.3, 0.4) is 0 Å². The van der Waals surface area contributed by atoms with Crippen molar-refractivity contribution in [2.75, 3.05) is 7.11 Å². The highest BCUT2D eigenvalue weighted by Gasteiger charge is 2.43. The van der Waals surface area contributed by atoms with Crippen molar-refractivity contribution >= 4 is 11.6 Å². The summed E-state index contributed by atoms with van der Waals surface area (Å²) in [5, 5.41) is 6.14. The van der Waals surface area contributed by atoms with E-state index in [1.165, 1.54) is 29.6 Å². The third kappa shape index (κ3) is 2.60. The number of carbonyl (C=O) groups excluding carboxylic acids is 1. The molecule has 0 bridgehead atoms. The monoisotopic (exact) mass is 338 g/mol. The lowest BCUT2D eigenvalue weighted by Gasteiger charge is -2.29. The van der Waals surface area contributed by atoms with Gasteiger partial charge in [-0.1, -0.05) is 12.1 Å². The lowest BCUT2D eigenvalue weighted by molar-refractivity contribution is -0.131. The number of hydrogen-bond acceptors (Lipinski definition) is 3. The van der Waals surface area contributed by atoms with Gasteiger partial charge >= 0.3 is 0 Å². The van der Waals surface area contributed by atoms with E-state index in [9.17, 15) is 9.18 Å². The van der Waals surface area contributed by atoms with Crippen molar-refractivity contribution in [3.05, 3.63) is 65.0 Å². The molecule has 4 nitrogen and oxygen atoms in total. The van der Waals surface area contributed by atoms with Gasteiger partial charge < -0.3 is 4.74 Å². The smallest absolute Gasteiger partial charge is 0.240 e. The molecule has 2 atom stereocenters. The molecule has 2 aliphatic rings. The molecule has 1 heterocycles. The zero-order valence-electron chi connectivity index (χ0n) is 14.2. The van der Waals surface area contributed by atoms with E-state index in [4.69, 9.17) is 4.74 Å². The molecule has 4 rings (SSSR count). The maximum atomic E-state index is 13.7. The molecule has 128 valence electrons. The van der Waals surface area contributed by atoms with Crippen LogP contribution in [0.1, 0.15) is 36.1 Å². The molecule has 2 aromatic rings. The van der Waals surface area contributed by atoms with Gasteiger partial charge in [-0.25, -0.2) is 9.40 Å². The molecule has 1 aliphatic heterocycles. The number of hydrogen-bond donors (Lipinski definition) is 0. The minimum absolute atomic E-state index is 0.0756. The maximum Gasteiger partial charge on any atom is 0.240 e. The highest BCUT2D eigenvalue weighted by molar-refractivity contribution is 6.06. The minimum atomic E-state index is -0.296. The van der Waals surface area contributed by atoms with Gasteiger partial charge in [0.05, 0.1) is 18.9 Å². The third-order valence-electron chi connectivity index (χ3n) is 5.04. The van der Waals surface area contributed by atoms with Gasteiger partial charge in [-0.15, -0.1) is 0 Å². The normalized spacial score (nSPS) is 21.4. The number of fused-ring (bicyclic) bond motifs is 3. The molecule has 25 heavy (non-hydrogen) atoms. The van der Waals surface area contributed by atoms with E-state index in [1.54, 1.807) is 13.2 Å². The van der Waals surface area contributed by atoms with Gasteiger partial charge in [0.2, 0.25) is 5.91 Å². The van der Waals surface area contributed by atoms with Gasteiger partial charge in [0.25, 0.3) is 0 Å². The van der Waals surface area contributed by atoms with Crippen molar-refractivity contribution in [1.82, 2.24) is 5.01 Å². The predicted molar refractivity (Wildman–Crippen MR) is 93.0 cm³/mol. The van der Waals surface area contributed by atoms with Gasteiger partial charge in [0.15, 0.2) is 0 Å². The molecule has 0 saturated heterocycles. The van der Waals surface area contributed by atoms with Gasteiger partial charge in [-0.3, -0.25) is 4.79 Å². The summed E-state index contributed by atoms with van der Waals surface area (Å²) in [5.74, 6) is 0.467. The standard InChI is InChI=1S/C20H19FN2O2/c1-12(24)23-20(14-4-3-5-15(21)10-14)18-8-6-13-11-16(25-2)7-9-17(13)19(18)22-23/h3-5,7,9-11,18,20H,6,8H2,1-2H3/t18-,20+/m0/s1. The van der Waals surface area contributed by atoms with Crippen molar-refractivity contribution < 1.29 is 13.9 Å². The van der Waals surface area contributed by atoms with E-state index in [0.29, 0.717) is 0 Å². The molecule has 0 unspecified atom stereocenters. The average Bonchev–Trinajstić information content (AvgIpc) is 3.01. The second kappa shape index (κ2) is 5.99. The fourth-order valence-corrected chi connectivity index (χ4v) is 3.92. The van der Waals surface area contributed by atoms with Crippen molar-refractivity contribution in [3.8, 4) is 5.75 Å². The summed E-state index contributed by atoms with van der Waals surface area (Å²) in [6, 6.07) is 12.2. The van der Waals surface area contributed by atoms with Crippen LogP contribution in [0.25, 0.3) is 0 Å². The third-order valence-corrected chi connectivity index (χ3v) is 5.04. The van der Waals surface area contributed by atoms with E-state index in [0.717, 1.165) is 35.4 Å². The first kappa shape index (κ1) is 15.8. The van der Waals surface area contributed by atoms with Crippen molar-refractivity contribution in [3.63, 3.8) is 0 Å². The topological polar surface area (TPSA) is 41.9 Å². The Morgan fingerprint density at radius 1 is 1.28 bits per heavy atom. The number of methoxy groups -OCH3 is 1. The molecular weight excluding hydrogens is 319 g/mol. The lowest BCUT2D eigenvalue weighted by Crippen LogP contribution is -2.31. The number of rotatable bonds is 2. The number of halogens is 1. The predicted octanol–water partition coefficient (Wildman–Crippen LogP) is 3.70. The number of hydrazone groups is 1. The van der Waals surface area contributed by atoms with E-state index in [2.05, 4.69) is 5.10 Å². The van der Waals surface area contributed by atoms with Gasteiger partial charge in [-0.2, -0.15) is 5.10 Å². The zero-order chi connectivity index (χ0) is 17.6. The molecule has 1 aliphatic carbocycles. The van der Waals surface area contributed by atoms with Crippen LogP contribution in [0.15, 0.2) is 47.6 Å². The Bertz CT molecular complexity index is 878. The Labute approximate surface area is 145 Å². The summed E-state index contributed by atoms with van der Waals surface area (Å²) in [7, 11) is 1.65. The maximum absolute atomic E-state index is 13.7. The summed E-state index contributed by atoms with van der Waals surface area (Å²) in [6.07, 6.45) is 1.75. The van der Waals surface area contributed by atoms with E-state index in [1.807, 2.05) is 24.3 Å². The Kier molecular flexibility index (Phi) is 3.79. The van der Waals surface area contributed by atoms with Crippen LogP contribution in [0.4, 0.5) is 4.39 Å². The average molecular weight is 338 g/mol. The quantitative estimate of drug-likeness (QED) is 0.838. The number of aryl methyl sites for hydroxylation is 1. The number of nitrogens with zero attached hydrogens (tertiary/aromatic N) is 2. The molecule has 1 amide bonds. The molecule has 0 aromatic heterocycles. The fraction of sp³-hybridized carbons (Fsp3) is 0.300. The number of carbonyl (C=O) groups is 1. The van der Waals surface area contributed by atoms with E-state index < -0.39 is 0 Å². The van der Waals surface area contributed by atoms with Crippen LogP contribution < -0.4 is 4.74 Å². The van der Waals surface area contributed by atoms with Crippen molar-refractivity contribution in [1.29, 1.82) is 0 Å². The zero-order valence-corrected chi connectivity index (χ0v) is 14.2. The first-order valence-electron chi connectivity index (χ1n) is 8.39. The Balaban J connectivity index is 1.79. The molecule has 5 heteroatoms. The van der Waals surface area contributed by atoms with Crippen LogP contribution in [-0.4, -0.2) is 23.7 Å². The van der Waals surface area contributed by atoms with E-state index >= 15 is 0 Å². The number of amides is 1. The lowest BCUT2D eigenvalue weighted by atomic mass is 9.77. The summed E-state index contributed by atoms with van der Waals surface area (Å²) < 4.78 is 19.0. The molecule has 0 spiro atoms. The second-order valence-electron chi connectivity index (χ2n) is 6.52. The second-order valence-corrected chi connectivity index (χ2v) is 6.52. The molecule has 0 N–H and O–H groups in total. The van der Waals surface area contributed by atoms with Crippen LogP contribution in [0.2, 0.25) is 0 Å². The Morgan fingerprint density at radius 3 is 2.84 bits per heavy atom. The SMILES string of the molecule is COc1ccc2c(c1)CC[C@H]1C2=NN(C(C)=O)[C@@H]1c1cccc(F)c1. The van der Waals surface area contributed by atoms with Crippen LogP contribution in [0, 0.1) is 11.7 Å². The molecule has 2 aromatic carbocycles. The Hall–Kier alpha value is -2.69. The summed E-state index contributed by atoms with van der Waals surface area (Å²) in [6.45, 7) is 1.50. The molecule has 0 saturated carbocycles. The van der Waals surface area contributed by atoms with Gasteiger partial charge in [0, 0.05) is 18.4 Å². The minimum Gasteiger partial charge on any atom is -0.497 e. The van der Waals surface area contributed by atoms with Gasteiger partial charge in [0.1, 0.15) is 11.6 Å². The summed E-state index contributed by atoms with van der Waals surface area (Å²) in [5.41, 5.74) is 3.93. The van der Waals surface area contributed by atoms with Crippen LogP contribution >= 0.6 is 0 Å². The highest BCUT2D eigenvalue weighted by Crippen LogP contribution is 2.43. The van der Waals surface area contributed by atoms with E-state index in [-0.39, 0.29) is 23.7 Å². The molecule has 0 radical (unpaired) electrons. The van der Waals surface area contributed by atoms with Crippen molar-refractivity contribution in [2.45, 2.75) is 25.8 Å². The summed E-state index contributed by atoms with van der Waals surface area (Å²) in [4.78, 5) is 12.2. The van der Waals surface area contributed by atoms with Crippen LogP contribution in [-0.2, 0) is 11.2 Å². The Morgan fingerprint density at radius 2 is 2.12 bits per heavy atom. The first-order valence-corrected chi connectivity index (χ1v) is 8.39. The largest absolute Gasteiger partial charge is 0.497 e. The van der Waals surface area contributed by atoms with Gasteiger partial charge in [-0.05, 0) is 54.3 Å². The molecular formula is C20H19FN2O2. The van der Waals surface area contributed by atoms with Crippen molar-refractivity contribution in [2.24, 2.45) is 11.0 Å².